The number of hydrogen-bond donors (Lipinski definition) is 2. The topological polar surface area (TPSA) is 196 Å². The van der Waals surface area contributed by atoms with Crippen molar-refractivity contribution in [3.8, 4) is 6.07 Å². The van der Waals surface area contributed by atoms with Crippen molar-refractivity contribution in [3.63, 3.8) is 0 Å². The summed E-state index contributed by atoms with van der Waals surface area (Å²) < 4.78 is 0. The summed E-state index contributed by atoms with van der Waals surface area (Å²) in [5.41, 5.74) is 13.5. The normalized spacial score (nSPS) is 7.55. The van der Waals surface area contributed by atoms with Crippen LogP contribution in [0, 0.1) is 17.9 Å². The molecule has 0 unspecified atom stereocenters. The van der Waals surface area contributed by atoms with Crippen LogP contribution < -0.4 is 29.6 Å². The molecule has 0 aliphatic rings. The third-order valence-corrected chi connectivity index (χ3v) is 1.69. The second-order valence-electron chi connectivity index (χ2n) is 3.04. The number of aromatic amines is 2. The van der Waals surface area contributed by atoms with Crippen molar-refractivity contribution in [2.45, 2.75) is 19.3 Å². The van der Waals surface area contributed by atoms with Gasteiger partial charge in [-0.1, -0.05) is 10.4 Å². The van der Waals surface area contributed by atoms with Gasteiger partial charge in [0.25, 0.3) is 0 Å². The Kier molecular flexibility index (Phi) is 16.3. The zero-order chi connectivity index (χ0) is 15.8. The molecule has 0 atom stereocenters. The van der Waals surface area contributed by atoms with E-state index in [9.17, 15) is 0 Å². The Bertz CT molecular complexity index is 522. The molecule has 0 saturated heterocycles. The van der Waals surface area contributed by atoms with E-state index in [1.807, 2.05) is 6.07 Å². The van der Waals surface area contributed by atoms with Gasteiger partial charge in [-0.05, 0) is 0 Å². The van der Waals surface area contributed by atoms with Gasteiger partial charge >= 0.3 is 29.6 Å². The third kappa shape index (κ3) is 12.5. The van der Waals surface area contributed by atoms with E-state index in [0.29, 0.717) is 37.5 Å². The number of hydrogen-bond acceptors (Lipinski definition) is 7. The second-order valence-corrected chi connectivity index (χ2v) is 3.04. The van der Waals surface area contributed by atoms with E-state index in [4.69, 9.17) is 22.9 Å². The van der Waals surface area contributed by atoms with Crippen LogP contribution in [0.2, 0.25) is 0 Å². The minimum Gasteiger partial charge on any atom is -0.373 e. The molecule has 0 radical (unpaired) electrons. The molecule has 0 fully saturated rings. The molecule has 2 N–H and O–H groups in total. The SMILES string of the molecule is C(Cc1nn[nH]n1)c1nn[nH]n1.[C-]#[N+]CCC#N.[N-]=[N+]=[N-].[Na+]. The molecule has 14 heteroatoms. The maximum atomic E-state index is 7.80. The van der Waals surface area contributed by atoms with Crippen LogP contribution in [0.4, 0.5) is 0 Å². The predicted octanol–water partition coefficient (Wildman–Crippen LogP) is -2.81. The maximum Gasteiger partial charge on any atom is 1.00 e. The number of aromatic nitrogens is 8. The van der Waals surface area contributed by atoms with Crippen molar-refractivity contribution in [2.75, 3.05) is 6.54 Å². The molecule has 2 heterocycles. The molecule has 108 valence electrons. The van der Waals surface area contributed by atoms with Crippen LogP contribution >= 0.6 is 0 Å². The second kappa shape index (κ2) is 16.5. The average Bonchev–Trinajstić information content (AvgIpc) is 3.17. The van der Waals surface area contributed by atoms with E-state index < -0.39 is 0 Å². The number of nitrogens with zero attached hydrogens (tertiary/aromatic N) is 11. The van der Waals surface area contributed by atoms with E-state index in [1.54, 1.807) is 0 Å². The minimum absolute atomic E-state index is 0. The quantitative estimate of drug-likeness (QED) is 0.151. The number of rotatable bonds is 4. The Morgan fingerprint density at radius 1 is 1.09 bits per heavy atom. The molecule has 0 amide bonds. The largest absolute Gasteiger partial charge is 1.00 e. The van der Waals surface area contributed by atoms with E-state index in [2.05, 4.69) is 46.1 Å². The Balaban J connectivity index is 0. The number of nitrogens with one attached hydrogen (secondary N) is 2. The molecule has 13 nitrogen and oxygen atoms in total. The van der Waals surface area contributed by atoms with Crippen molar-refractivity contribution in [1.82, 2.24) is 41.2 Å². The Morgan fingerprint density at radius 2 is 1.55 bits per heavy atom. The molecule has 0 spiro atoms. The van der Waals surface area contributed by atoms with Crippen LogP contribution in [0.25, 0.3) is 20.8 Å². The van der Waals surface area contributed by atoms with Gasteiger partial charge in [0, 0.05) is 12.8 Å². The smallest absolute Gasteiger partial charge is 0.373 e. The van der Waals surface area contributed by atoms with Gasteiger partial charge < -0.3 is 15.9 Å². The van der Waals surface area contributed by atoms with Gasteiger partial charge in [-0.25, -0.2) is 6.57 Å². The summed E-state index contributed by atoms with van der Waals surface area (Å²) in [6.07, 6.45) is 1.69. The summed E-state index contributed by atoms with van der Waals surface area (Å²) in [5.74, 6) is 1.31. The zero-order valence-electron chi connectivity index (χ0n) is 11.7. The van der Waals surface area contributed by atoms with E-state index in [-0.39, 0.29) is 29.6 Å². The van der Waals surface area contributed by atoms with Crippen LogP contribution in [0.15, 0.2) is 0 Å². The summed E-state index contributed by atoms with van der Waals surface area (Å²) in [5, 5.41) is 34.5. The van der Waals surface area contributed by atoms with Gasteiger partial charge in [-0.3, -0.25) is 4.91 Å². The van der Waals surface area contributed by atoms with Crippen molar-refractivity contribution in [1.29, 1.82) is 5.26 Å². The fraction of sp³-hybridized carbons (Fsp3) is 0.500. The predicted molar refractivity (Wildman–Crippen MR) is 67.5 cm³/mol. The summed E-state index contributed by atoms with van der Waals surface area (Å²) in [7, 11) is 0. The summed E-state index contributed by atoms with van der Waals surface area (Å²) in [4.78, 5) is 4.45. The molecule has 2 aromatic rings. The summed E-state index contributed by atoms with van der Waals surface area (Å²) >= 11 is 0. The number of aryl methyl sites for hydroxylation is 2. The Morgan fingerprint density at radius 3 is 1.77 bits per heavy atom. The maximum absolute atomic E-state index is 7.80. The number of H-pyrrole nitrogens is 2. The van der Waals surface area contributed by atoms with Gasteiger partial charge in [0.2, 0.25) is 6.54 Å². The molecular formula is C8H10N13Na. The zero-order valence-corrected chi connectivity index (χ0v) is 13.7. The van der Waals surface area contributed by atoms with Crippen LogP contribution in [0.3, 0.4) is 0 Å². The molecule has 0 aliphatic heterocycles. The monoisotopic (exact) mass is 311 g/mol. The molecule has 0 aromatic carbocycles. The molecule has 0 bridgehead atoms. The third-order valence-electron chi connectivity index (χ3n) is 1.69. The van der Waals surface area contributed by atoms with Crippen LogP contribution in [-0.2, 0) is 12.8 Å². The van der Waals surface area contributed by atoms with Crippen LogP contribution in [-0.4, -0.2) is 47.8 Å². The molecule has 0 aliphatic carbocycles. The average molecular weight is 311 g/mol. The van der Waals surface area contributed by atoms with Gasteiger partial charge in [-0.2, -0.15) is 15.7 Å². The van der Waals surface area contributed by atoms with Crippen molar-refractivity contribution in [2.24, 2.45) is 0 Å². The van der Waals surface area contributed by atoms with Crippen LogP contribution in [0.1, 0.15) is 18.1 Å². The number of nitriles is 1. The van der Waals surface area contributed by atoms with Gasteiger partial charge in [-0.15, -0.1) is 20.4 Å². The van der Waals surface area contributed by atoms with E-state index in [0.717, 1.165) is 0 Å². The Labute approximate surface area is 147 Å². The molecular weight excluding hydrogens is 301 g/mol. The summed E-state index contributed by atoms with van der Waals surface area (Å²) in [6.45, 7) is 6.52. The summed E-state index contributed by atoms with van der Waals surface area (Å²) in [6, 6.07) is 1.85. The first-order chi connectivity index (χ1) is 10.3. The fourth-order valence-corrected chi connectivity index (χ4v) is 0.906. The van der Waals surface area contributed by atoms with Crippen LogP contribution in [0.5, 0.6) is 0 Å². The van der Waals surface area contributed by atoms with Crippen molar-refractivity contribution < 1.29 is 29.6 Å². The van der Waals surface area contributed by atoms with Crippen molar-refractivity contribution >= 4 is 0 Å². The molecule has 22 heavy (non-hydrogen) atoms. The van der Waals surface area contributed by atoms with Gasteiger partial charge in [0.15, 0.2) is 11.6 Å². The Hall–Kier alpha value is -2.57. The first-order valence-corrected chi connectivity index (χ1v) is 5.41. The standard InChI is InChI=1S/C4H6N8.C4H4N2.N3.Na/c1(3-5-9-10-6-3)2-4-7-11-12-8-4;1-6-4-2-3-5;1-3-2;/h1-2H2,(H,5,6,9,10)(H,7,8,11,12);2,4H2;;/q;;-1;+1. The number of tetrazole rings is 2. The molecule has 0 saturated carbocycles. The fourth-order valence-electron chi connectivity index (χ4n) is 0.906. The minimum atomic E-state index is 0. The van der Waals surface area contributed by atoms with Gasteiger partial charge in [0.1, 0.15) is 6.42 Å². The molecule has 2 aromatic heterocycles. The van der Waals surface area contributed by atoms with E-state index >= 15 is 0 Å². The first-order valence-electron chi connectivity index (χ1n) is 5.41. The molecule has 2 rings (SSSR count). The van der Waals surface area contributed by atoms with E-state index in [1.165, 1.54) is 4.91 Å². The van der Waals surface area contributed by atoms with Gasteiger partial charge in [0.05, 0.1) is 6.07 Å². The first kappa shape index (κ1) is 21.7. The van der Waals surface area contributed by atoms with Crippen molar-refractivity contribution in [3.05, 3.63) is 39.0 Å².